The molecular weight excluding hydrogens is 332 g/mol. The number of ketones is 2. The van der Waals surface area contributed by atoms with Gasteiger partial charge in [0.15, 0.2) is 5.78 Å². The largest absolute Gasteiger partial charge is 0.493 e. The fourth-order valence-corrected chi connectivity index (χ4v) is 2.28. The van der Waals surface area contributed by atoms with Crippen molar-refractivity contribution < 1.29 is 24.2 Å². The van der Waals surface area contributed by atoms with Crippen LogP contribution in [0.1, 0.15) is 22.0 Å². The van der Waals surface area contributed by atoms with Gasteiger partial charge in [0.2, 0.25) is 5.88 Å². The number of nitrogens with zero attached hydrogens (tertiary/aromatic N) is 5. The van der Waals surface area contributed by atoms with Crippen molar-refractivity contribution in [2.45, 2.75) is 5.92 Å². The van der Waals surface area contributed by atoms with E-state index in [0.717, 1.165) is 11.7 Å². The van der Waals surface area contributed by atoms with E-state index >= 15 is 0 Å². The number of azo groups is 1. The first-order valence-corrected chi connectivity index (χ1v) is 6.84. The smallest absolute Gasteiger partial charge is 0.375 e. The second-order valence-corrected chi connectivity index (χ2v) is 4.87. The number of imidazole rings is 1. The molecule has 1 aliphatic rings. The Hall–Kier alpha value is -3.76. The second kappa shape index (κ2) is 6.03. The molecule has 11 nitrogen and oxygen atoms in total. The minimum Gasteiger partial charge on any atom is -0.493 e. The van der Waals surface area contributed by atoms with E-state index < -0.39 is 41.0 Å². The first-order valence-electron chi connectivity index (χ1n) is 6.84. The summed E-state index contributed by atoms with van der Waals surface area (Å²) in [6.07, 6.45) is 2.67. The van der Waals surface area contributed by atoms with Crippen molar-refractivity contribution in [3.8, 4) is 5.88 Å². The molecule has 3 heterocycles. The molecule has 0 amide bonds. The molecule has 1 aliphatic heterocycles. The van der Waals surface area contributed by atoms with Crippen LogP contribution in [0.25, 0.3) is 0 Å². The van der Waals surface area contributed by atoms with Crippen LogP contribution in [0.15, 0.2) is 34.8 Å². The number of aromatic nitrogens is 3. The Kier molecular flexibility index (Phi) is 3.89. The maximum absolute atomic E-state index is 12.7. The molecule has 0 radical (unpaired) electrons. The van der Waals surface area contributed by atoms with Crippen molar-refractivity contribution in [2.24, 2.45) is 10.2 Å². The molecular formula is C14H10N6O5. The molecule has 0 spiro atoms. The quantitative estimate of drug-likeness (QED) is 0.347. The predicted octanol–water partition coefficient (Wildman–Crippen LogP) is 0.572. The number of carbonyl (C=O) groups is 3. The monoisotopic (exact) mass is 342 g/mol. The lowest BCUT2D eigenvalue weighted by Gasteiger charge is -2.12. The van der Waals surface area contributed by atoms with Crippen LogP contribution in [0.4, 0.5) is 5.95 Å². The molecule has 0 aromatic carbocycles. The van der Waals surface area contributed by atoms with Crippen molar-refractivity contribution in [1.29, 1.82) is 5.41 Å². The number of ether oxygens (including phenoxy) is 1. The van der Waals surface area contributed by atoms with E-state index in [9.17, 15) is 19.5 Å². The fourth-order valence-electron chi connectivity index (χ4n) is 2.28. The molecule has 11 heteroatoms. The van der Waals surface area contributed by atoms with Crippen LogP contribution in [0.3, 0.4) is 0 Å². The van der Waals surface area contributed by atoms with Crippen LogP contribution < -0.4 is 0 Å². The van der Waals surface area contributed by atoms with Gasteiger partial charge in [-0.3, -0.25) is 20.0 Å². The van der Waals surface area contributed by atoms with E-state index in [1.54, 1.807) is 0 Å². The number of esters is 1. The summed E-state index contributed by atoms with van der Waals surface area (Å²) in [6, 6.07) is 2.70. The number of rotatable bonds is 5. The number of carbonyl (C=O) groups excluding carboxylic acids is 3. The zero-order chi connectivity index (χ0) is 18.1. The number of nitrogens with one attached hydrogen (secondary N) is 1. The van der Waals surface area contributed by atoms with Crippen molar-refractivity contribution >= 4 is 29.4 Å². The molecule has 0 fully saturated rings. The zero-order valence-electron chi connectivity index (χ0n) is 12.7. The maximum Gasteiger partial charge on any atom is 0.375 e. The molecule has 3 rings (SSSR count). The Morgan fingerprint density at radius 1 is 1.24 bits per heavy atom. The molecule has 2 aromatic rings. The summed E-state index contributed by atoms with van der Waals surface area (Å²) in [5, 5.41) is 24.8. The van der Waals surface area contributed by atoms with E-state index in [1.165, 1.54) is 24.5 Å². The number of pyridine rings is 1. The van der Waals surface area contributed by atoms with E-state index in [4.69, 9.17) is 5.41 Å². The highest BCUT2D eigenvalue weighted by molar-refractivity contribution is 6.41. The normalized spacial score (nSPS) is 13.4. The molecule has 126 valence electrons. The van der Waals surface area contributed by atoms with Crippen LogP contribution in [0.5, 0.6) is 5.88 Å². The molecule has 0 unspecified atom stereocenters. The second-order valence-electron chi connectivity index (χ2n) is 4.87. The number of aromatic hydroxyl groups is 1. The lowest BCUT2D eigenvalue weighted by atomic mass is 9.91. The highest BCUT2D eigenvalue weighted by atomic mass is 16.5. The Balaban J connectivity index is 2.13. The molecule has 0 aliphatic carbocycles. The van der Waals surface area contributed by atoms with Crippen molar-refractivity contribution in [2.75, 3.05) is 7.11 Å². The highest BCUT2D eigenvalue weighted by Gasteiger charge is 2.40. The fraction of sp³-hybridized carbons (Fsp3) is 0.143. The summed E-state index contributed by atoms with van der Waals surface area (Å²) < 4.78 is 5.23. The van der Waals surface area contributed by atoms with Crippen molar-refractivity contribution in [1.82, 2.24) is 14.5 Å². The number of Topliss-reactive ketones (excluding diaryl/α,β-unsaturated/α-hetero) is 2. The van der Waals surface area contributed by atoms with Crippen molar-refractivity contribution in [3.63, 3.8) is 0 Å². The Morgan fingerprint density at radius 2 is 1.92 bits per heavy atom. The van der Waals surface area contributed by atoms with Gasteiger partial charge in [0.05, 0.1) is 7.11 Å². The lowest BCUT2D eigenvalue weighted by Crippen LogP contribution is -2.30. The van der Waals surface area contributed by atoms with Crippen LogP contribution in [0.2, 0.25) is 0 Å². The molecule has 1 atom stereocenters. The summed E-state index contributed by atoms with van der Waals surface area (Å²) in [6.45, 7) is 0. The van der Waals surface area contributed by atoms with E-state index in [2.05, 4.69) is 24.9 Å². The highest BCUT2D eigenvalue weighted by Crippen LogP contribution is 2.35. The third-order valence-corrected chi connectivity index (χ3v) is 3.46. The van der Waals surface area contributed by atoms with Gasteiger partial charge in [-0.1, -0.05) is 0 Å². The van der Waals surface area contributed by atoms with Crippen LogP contribution in [0, 0.1) is 5.41 Å². The number of methoxy groups -OCH3 is 1. The Labute approximate surface area is 139 Å². The first kappa shape index (κ1) is 16.1. The Bertz CT molecular complexity index is 933. The lowest BCUT2D eigenvalue weighted by molar-refractivity contribution is -0.151. The summed E-state index contributed by atoms with van der Waals surface area (Å²) in [5.41, 5.74) is -0.322. The minimum absolute atomic E-state index is 0.0847. The van der Waals surface area contributed by atoms with Gasteiger partial charge < -0.3 is 9.84 Å². The standard InChI is InChI=1S/C14H10N6O5/c1-25-12(24)10(22)7(9(21)6-2-4-16-5-3-6)8-11(23)20-13(15)18-19-14(20)17-8/h2-5,7,15,23H,1H3/t7-/m1/s1. The molecule has 2 N–H and O–H groups in total. The summed E-state index contributed by atoms with van der Waals surface area (Å²) in [7, 11) is 0.991. The van der Waals surface area contributed by atoms with E-state index in [0.29, 0.717) is 0 Å². The average molecular weight is 342 g/mol. The molecule has 0 saturated carbocycles. The third-order valence-electron chi connectivity index (χ3n) is 3.46. The van der Waals surface area contributed by atoms with Gasteiger partial charge in [-0.15, -0.1) is 10.2 Å². The topological polar surface area (TPSA) is 160 Å². The van der Waals surface area contributed by atoms with Gasteiger partial charge >= 0.3 is 5.97 Å². The number of hydrogen-bond acceptors (Lipinski definition) is 9. The van der Waals surface area contributed by atoms with E-state index in [1.807, 2.05) is 0 Å². The summed E-state index contributed by atoms with van der Waals surface area (Å²) >= 11 is 0. The molecule has 25 heavy (non-hydrogen) atoms. The molecule has 0 saturated heterocycles. The minimum atomic E-state index is -1.75. The Morgan fingerprint density at radius 3 is 2.52 bits per heavy atom. The van der Waals surface area contributed by atoms with Crippen LogP contribution in [-0.4, -0.2) is 50.2 Å². The van der Waals surface area contributed by atoms with Gasteiger partial charge in [0.1, 0.15) is 11.6 Å². The van der Waals surface area contributed by atoms with Crippen molar-refractivity contribution in [3.05, 3.63) is 35.8 Å². The van der Waals surface area contributed by atoms with Gasteiger partial charge in [-0.05, 0) is 12.1 Å². The van der Waals surface area contributed by atoms with E-state index in [-0.39, 0.29) is 11.5 Å². The van der Waals surface area contributed by atoms with Gasteiger partial charge in [0.25, 0.3) is 17.7 Å². The molecule has 0 bridgehead atoms. The SMILES string of the molecule is COC(=O)C(=O)[C@@H](C(=O)c1ccncc1)c1nc2n(c1O)C(=N)N=N2. The zero-order valence-corrected chi connectivity index (χ0v) is 12.7. The van der Waals surface area contributed by atoms with Crippen LogP contribution in [-0.2, 0) is 14.3 Å². The maximum atomic E-state index is 12.7. The summed E-state index contributed by atoms with van der Waals surface area (Å²) in [4.78, 5) is 44.4. The number of fused-ring (bicyclic) bond motifs is 1. The van der Waals surface area contributed by atoms with Crippen LogP contribution >= 0.6 is 0 Å². The number of hydrogen-bond donors (Lipinski definition) is 2. The predicted molar refractivity (Wildman–Crippen MR) is 79.9 cm³/mol. The third kappa shape index (κ3) is 2.56. The average Bonchev–Trinajstić information content (AvgIpc) is 3.15. The summed E-state index contributed by atoms with van der Waals surface area (Å²) in [5.74, 6) is -6.30. The first-order chi connectivity index (χ1) is 12.0. The van der Waals surface area contributed by atoms with Gasteiger partial charge in [-0.25, -0.2) is 14.3 Å². The molecule has 2 aromatic heterocycles. The van der Waals surface area contributed by atoms with Gasteiger partial charge in [0, 0.05) is 18.0 Å². The van der Waals surface area contributed by atoms with Gasteiger partial charge in [-0.2, -0.15) is 0 Å².